The van der Waals surface area contributed by atoms with Crippen LogP contribution in [0.2, 0.25) is 0 Å². The number of nitrogens with zero attached hydrogens (tertiary/aromatic N) is 2. The largest absolute Gasteiger partial charge is 0.480 e. The van der Waals surface area contributed by atoms with Gasteiger partial charge in [0, 0.05) is 13.0 Å². The van der Waals surface area contributed by atoms with Gasteiger partial charge in [0.2, 0.25) is 0 Å². The first-order valence-electron chi connectivity index (χ1n) is 5.01. The summed E-state index contributed by atoms with van der Waals surface area (Å²) >= 11 is 0. The first-order chi connectivity index (χ1) is 7.66. The molecule has 0 heterocycles. The summed E-state index contributed by atoms with van der Waals surface area (Å²) in [7, 11) is 1.71. The number of carboxylic acid groups (broad SMARTS) is 1. The number of carbonyl (C=O) groups is 1. The quantitative estimate of drug-likeness (QED) is 0.816. The van der Waals surface area contributed by atoms with Crippen LogP contribution in [0.3, 0.4) is 0 Å². The van der Waals surface area contributed by atoms with E-state index in [1.807, 2.05) is 24.3 Å². The maximum Gasteiger partial charge on any atom is 0.325 e. The number of rotatable bonds is 5. The second kappa shape index (κ2) is 5.89. The van der Waals surface area contributed by atoms with Gasteiger partial charge in [-0.15, -0.1) is 0 Å². The third kappa shape index (κ3) is 3.07. The number of nitriles is 1. The van der Waals surface area contributed by atoms with Gasteiger partial charge in [0.05, 0.1) is 6.07 Å². The van der Waals surface area contributed by atoms with Crippen molar-refractivity contribution in [3.8, 4) is 6.07 Å². The Balaban J connectivity index is 2.84. The lowest BCUT2D eigenvalue weighted by atomic mass is 10.1. The van der Waals surface area contributed by atoms with E-state index in [0.717, 1.165) is 5.56 Å². The first kappa shape index (κ1) is 12.2. The molecule has 1 aromatic rings. The molecule has 16 heavy (non-hydrogen) atoms. The molecule has 1 aromatic carbocycles. The second-order valence-electron chi connectivity index (χ2n) is 3.54. The molecule has 4 heteroatoms. The zero-order chi connectivity index (χ0) is 12.0. The van der Waals surface area contributed by atoms with E-state index in [-0.39, 0.29) is 0 Å². The molecule has 0 aromatic heterocycles. The summed E-state index contributed by atoms with van der Waals surface area (Å²) in [6, 6.07) is 10.3. The molecular formula is C12H14N2O2. The van der Waals surface area contributed by atoms with Crippen molar-refractivity contribution < 1.29 is 9.90 Å². The highest BCUT2D eigenvalue weighted by atomic mass is 16.4. The smallest absolute Gasteiger partial charge is 0.325 e. The summed E-state index contributed by atoms with van der Waals surface area (Å²) < 4.78 is 0. The molecule has 0 aliphatic carbocycles. The molecule has 0 bridgehead atoms. The van der Waals surface area contributed by atoms with Gasteiger partial charge in [0.1, 0.15) is 6.04 Å². The van der Waals surface area contributed by atoms with E-state index < -0.39 is 12.0 Å². The molecular weight excluding hydrogens is 204 g/mol. The number of benzene rings is 1. The lowest BCUT2D eigenvalue weighted by molar-refractivity contribution is -0.143. The van der Waals surface area contributed by atoms with Crippen LogP contribution >= 0.6 is 0 Å². The monoisotopic (exact) mass is 218 g/mol. The summed E-state index contributed by atoms with van der Waals surface area (Å²) in [4.78, 5) is 12.8. The number of likely N-dealkylation sites (N-methyl/N-ethyl adjacent to an activating group) is 1. The van der Waals surface area contributed by atoms with E-state index in [1.165, 1.54) is 0 Å². The standard InChI is InChI=1S/C12H14N2O2/c1-14(9-5-8-13)11(12(15)16)10-6-3-2-4-7-10/h2-4,6-7,11H,5,9H2,1H3,(H,15,16). The molecule has 1 atom stereocenters. The Hall–Kier alpha value is -1.86. The van der Waals surface area contributed by atoms with Crippen LogP contribution in [0.5, 0.6) is 0 Å². The van der Waals surface area contributed by atoms with Crippen molar-refractivity contribution in [2.45, 2.75) is 12.5 Å². The van der Waals surface area contributed by atoms with E-state index >= 15 is 0 Å². The predicted octanol–water partition coefficient (Wildman–Crippen LogP) is 1.66. The summed E-state index contributed by atoms with van der Waals surface area (Å²) in [5.74, 6) is -0.897. The highest BCUT2D eigenvalue weighted by Gasteiger charge is 2.23. The van der Waals surface area contributed by atoms with Crippen LogP contribution in [0.1, 0.15) is 18.0 Å². The van der Waals surface area contributed by atoms with E-state index in [0.29, 0.717) is 13.0 Å². The van der Waals surface area contributed by atoms with Crippen LogP contribution in [0.25, 0.3) is 0 Å². The van der Waals surface area contributed by atoms with Gasteiger partial charge in [-0.3, -0.25) is 9.69 Å². The molecule has 0 saturated carbocycles. The van der Waals surface area contributed by atoms with Crippen LogP contribution in [0.4, 0.5) is 0 Å². The molecule has 84 valence electrons. The van der Waals surface area contributed by atoms with Gasteiger partial charge in [-0.2, -0.15) is 5.26 Å². The first-order valence-corrected chi connectivity index (χ1v) is 5.01. The average Bonchev–Trinajstić information content (AvgIpc) is 2.27. The highest BCUT2D eigenvalue weighted by Crippen LogP contribution is 2.19. The normalized spacial score (nSPS) is 12.1. The summed E-state index contributed by atoms with van der Waals surface area (Å²) in [5, 5.41) is 17.7. The minimum atomic E-state index is -0.897. The number of carboxylic acids is 1. The van der Waals surface area contributed by atoms with E-state index in [4.69, 9.17) is 5.26 Å². The summed E-state index contributed by atoms with van der Waals surface area (Å²) in [5.41, 5.74) is 0.732. The molecule has 0 radical (unpaired) electrons. The Morgan fingerprint density at radius 3 is 2.62 bits per heavy atom. The van der Waals surface area contributed by atoms with Crippen LogP contribution < -0.4 is 0 Å². The highest BCUT2D eigenvalue weighted by molar-refractivity contribution is 5.75. The predicted molar refractivity (Wildman–Crippen MR) is 59.7 cm³/mol. The van der Waals surface area contributed by atoms with Crippen molar-refractivity contribution in [3.05, 3.63) is 35.9 Å². The van der Waals surface area contributed by atoms with Gasteiger partial charge in [0.25, 0.3) is 0 Å². The van der Waals surface area contributed by atoms with E-state index in [2.05, 4.69) is 0 Å². The zero-order valence-corrected chi connectivity index (χ0v) is 9.13. The molecule has 1 rings (SSSR count). The maximum absolute atomic E-state index is 11.2. The summed E-state index contributed by atoms with van der Waals surface area (Å²) in [6.07, 6.45) is 0.327. The number of hydrogen-bond donors (Lipinski definition) is 1. The van der Waals surface area contributed by atoms with Crippen LogP contribution in [-0.4, -0.2) is 29.6 Å². The van der Waals surface area contributed by atoms with Crippen LogP contribution in [0.15, 0.2) is 30.3 Å². The van der Waals surface area contributed by atoms with Crippen molar-refractivity contribution in [3.63, 3.8) is 0 Å². The maximum atomic E-state index is 11.2. The summed E-state index contributed by atoms with van der Waals surface area (Å²) in [6.45, 7) is 0.447. The van der Waals surface area contributed by atoms with Crippen molar-refractivity contribution >= 4 is 5.97 Å². The van der Waals surface area contributed by atoms with E-state index in [9.17, 15) is 9.90 Å². The van der Waals surface area contributed by atoms with Gasteiger partial charge in [-0.1, -0.05) is 30.3 Å². The SMILES string of the molecule is CN(CCC#N)C(C(=O)O)c1ccccc1. The Morgan fingerprint density at radius 1 is 1.50 bits per heavy atom. The Labute approximate surface area is 94.7 Å². The number of hydrogen-bond acceptors (Lipinski definition) is 3. The fourth-order valence-corrected chi connectivity index (χ4v) is 1.58. The Morgan fingerprint density at radius 2 is 2.12 bits per heavy atom. The molecule has 1 unspecified atom stereocenters. The molecule has 0 saturated heterocycles. The van der Waals surface area contributed by atoms with Crippen molar-refractivity contribution in [2.24, 2.45) is 0 Å². The second-order valence-corrected chi connectivity index (χ2v) is 3.54. The van der Waals surface area contributed by atoms with Crippen molar-refractivity contribution in [1.82, 2.24) is 4.90 Å². The van der Waals surface area contributed by atoms with E-state index in [1.54, 1.807) is 24.1 Å². The molecule has 4 nitrogen and oxygen atoms in total. The topological polar surface area (TPSA) is 64.3 Å². The van der Waals surface area contributed by atoms with Crippen LogP contribution in [0, 0.1) is 11.3 Å². The molecule has 0 amide bonds. The third-order valence-electron chi connectivity index (χ3n) is 2.37. The van der Waals surface area contributed by atoms with Gasteiger partial charge in [-0.05, 0) is 12.6 Å². The third-order valence-corrected chi connectivity index (χ3v) is 2.37. The molecule has 0 aliphatic rings. The Kier molecular flexibility index (Phi) is 4.49. The fourth-order valence-electron chi connectivity index (χ4n) is 1.58. The van der Waals surface area contributed by atoms with Gasteiger partial charge in [-0.25, -0.2) is 0 Å². The van der Waals surface area contributed by atoms with Gasteiger partial charge >= 0.3 is 5.97 Å². The van der Waals surface area contributed by atoms with Crippen LogP contribution in [-0.2, 0) is 4.79 Å². The molecule has 1 N–H and O–H groups in total. The van der Waals surface area contributed by atoms with Crippen molar-refractivity contribution in [2.75, 3.05) is 13.6 Å². The van der Waals surface area contributed by atoms with Gasteiger partial charge in [0.15, 0.2) is 0 Å². The molecule has 0 spiro atoms. The fraction of sp³-hybridized carbons (Fsp3) is 0.333. The minimum Gasteiger partial charge on any atom is -0.480 e. The Bertz CT molecular complexity index is 384. The van der Waals surface area contributed by atoms with Gasteiger partial charge < -0.3 is 5.11 Å². The zero-order valence-electron chi connectivity index (χ0n) is 9.13. The average molecular weight is 218 g/mol. The lowest BCUT2D eigenvalue weighted by Gasteiger charge is -2.23. The molecule has 0 fully saturated rings. The molecule has 0 aliphatic heterocycles. The minimum absolute atomic E-state index is 0.327. The number of aliphatic carboxylic acids is 1. The van der Waals surface area contributed by atoms with Crippen molar-refractivity contribution in [1.29, 1.82) is 5.26 Å². The lowest BCUT2D eigenvalue weighted by Crippen LogP contribution is -2.31.